The minimum Gasteiger partial charge on any atom is -0.313 e. The molecule has 0 saturated heterocycles. The fourth-order valence-electron chi connectivity index (χ4n) is 2.13. The largest absolute Gasteiger partial charge is 0.313 e. The molecule has 2 aromatic carbocycles. The van der Waals surface area contributed by atoms with Gasteiger partial charge in [0.15, 0.2) is 0 Å². The SMILES string of the molecule is CNC(Cc1ccc(Br)cc1)c1ccc(Cl)c(C)c1. The van der Waals surface area contributed by atoms with E-state index >= 15 is 0 Å². The number of rotatable bonds is 4. The zero-order chi connectivity index (χ0) is 13.8. The lowest BCUT2D eigenvalue weighted by molar-refractivity contribution is 0.591. The standard InChI is InChI=1S/C16H17BrClN/c1-11-9-13(5-8-15(11)18)16(19-2)10-12-3-6-14(17)7-4-12/h3-9,16,19H,10H2,1-2H3. The summed E-state index contributed by atoms with van der Waals surface area (Å²) < 4.78 is 1.11. The van der Waals surface area contributed by atoms with Crippen LogP contribution in [0, 0.1) is 6.92 Å². The Morgan fingerprint density at radius 3 is 2.42 bits per heavy atom. The van der Waals surface area contributed by atoms with E-state index in [4.69, 9.17) is 11.6 Å². The summed E-state index contributed by atoms with van der Waals surface area (Å²) in [5.41, 5.74) is 3.71. The fourth-order valence-corrected chi connectivity index (χ4v) is 2.51. The van der Waals surface area contributed by atoms with Crippen LogP contribution in [0.25, 0.3) is 0 Å². The number of nitrogens with one attached hydrogen (secondary N) is 1. The van der Waals surface area contributed by atoms with Gasteiger partial charge >= 0.3 is 0 Å². The molecular weight excluding hydrogens is 322 g/mol. The number of hydrogen-bond donors (Lipinski definition) is 1. The van der Waals surface area contributed by atoms with Gasteiger partial charge in [-0.1, -0.05) is 51.8 Å². The quantitative estimate of drug-likeness (QED) is 0.835. The molecule has 2 rings (SSSR count). The average molecular weight is 339 g/mol. The highest BCUT2D eigenvalue weighted by molar-refractivity contribution is 9.10. The van der Waals surface area contributed by atoms with Crippen molar-refractivity contribution < 1.29 is 0 Å². The summed E-state index contributed by atoms with van der Waals surface area (Å²) in [7, 11) is 1.99. The van der Waals surface area contributed by atoms with Crippen molar-refractivity contribution in [1.29, 1.82) is 0 Å². The predicted molar refractivity (Wildman–Crippen MR) is 85.8 cm³/mol. The molecule has 0 bridgehead atoms. The number of hydrogen-bond acceptors (Lipinski definition) is 1. The van der Waals surface area contributed by atoms with Crippen molar-refractivity contribution in [3.8, 4) is 0 Å². The van der Waals surface area contributed by atoms with Crippen molar-refractivity contribution >= 4 is 27.5 Å². The van der Waals surface area contributed by atoms with Gasteiger partial charge in [-0.3, -0.25) is 0 Å². The molecule has 1 unspecified atom stereocenters. The van der Waals surface area contributed by atoms with Crippen molar-refractivity contribution in [3.63, 3.8) is 0 Å². The van der Waals surface area contributed by atoms with E-state index in [1.807, 2.05) is 20.0 Å². The fraction of sp³-hybridized carbons (Fsp3) is 0.250. The number of halogens is 2. The summed E-state index contributed by atoms with van der Waals surface area (Å²) in [4.78, 5) is 0. The van der Waals surface area contributed by atoms with Gasteiger partial charge < -0.3 is 5.32 Å². The van der Waals surface area contributed by atoms with E-state index in [-0.39, 0.29) is 0 Å². The van der Waals surface area contributed by atoms with E-state index in [0.717, 1.165) is 21.5 Å². The maximum atomic E-state index is 6.08. The molecule has 2 aromatic rings. The van der Waals surface area contributed by atoms with E-state index in [1.165, 1.54) is 11.1 Å². The molecule has 19 heavy (non-hydrogen) atoms. The van der Waals surface area contributed by atoms with E-state index in [0.29, 0.717) is 6.04 Å². The normalized spacial score (nSPS) is 12.4. The lowest BCUT2D eigenvalue weighted by Crippen LogP contribution is -2.18. The highest BCUT2D eigenvalue weighted by Gasteiger charge is 2.11. The highest BCUT2D eigenvalue weighted by Crippen LogP contribution is 2.24. The van der Waals surface area contributed by atoms with Crippen LogP contribution in [0.4, 0.5) is 0 Å². The zero-order valence-corrected chi connectivity index (χ0v) is 13.4. The van der Waals surface area contributed by atoms with Crippen molar-refractivity contribution in [1.82, 2.24) is 5.32 Å². The molecular formula is C16H17BrClN. The van der Waals surface area contributed by atoms with Gasteiger partial charge in [0.05, 0.1) is 0 Å². The maximum Gasteiger partial charge on any atom is 0.0435 e. The van der Waals surface area contributed by atoms with Crippen LogP contribution in [0.5, 0.6) is 0 Å². The zero-order valence-electron chi connectivity index (χ0n) is 11.1. The summed E-state index contributed by atoms with van der Waals surface area (Å²) in [6, 6.07) is 15.0. The van der Waals surface area contributed by atoms with Gasteiger partial charge in [-0.2, -0.15) is 0 Å². The van der Waals surface area contributed by atoms with Crippen LogP contribution in [0.2, 0.25) is 5.02 Å². The molecule has 0 radical (unpaired) electrons. The van der Waals surface area contributed by atoms with Crippen molar-refractivity contribution in [2.24, 2.45) is 0 Å². The minimum absolute atomic E-state index is 0.303. The molecule has 0 saturated carbocycles. The van der Waals surface area contributed by atoms with E-state index in [1.54, 1.807) is 0 Å². The van der Waals surface area contributed by atoms with Crippen molar-refractivity contribution in [2.75, 3.05) is 7.05 Å². The summed E-state index contributed by atoms with van der Waals surface area (Å²) in [6.07, 6.45) is 0.963. The maximum absolute atomic E-state index is 6.08. The Morgan fingerprint density at radius 2 is 1.84 bits per heavy atom. The smallest absolute Gasteiger partial charge is 0.0435 e. The monoisotopic (exact) mass is 337 g/mol. The number of aryl methyl sites for hydroxylation is 1. The second-order valence-corrected chi connectivity index (χ2v) is 6.00. The molecule has 0 aliphatic carbocycles. The third-order valence-corrected chi connectivity index (χ3v) is 4.24. The summed E-state index contributed by atoms with van der Waals surface area (Å²) in [6.45, 7) is 2.04. The van der Waals surface area contributed by atoms with Gasteiger partial charge in [0.2, 0.25) is 0 Å². The first-order chi connectivity index (χ1) is 9.10. The van der Waals surface area contributed by atoms with E-state index in [2.05, 4.69) is 57.6 Å². The van der Waals surface area contributed by atoms with Gasteiger partial charge in [0.25, 0.3) is 0 Å². The van der Waals surface area contributed by atoms with E-state index < -0.39 is 0 Å². The molecule has 0 aromatic heterocycles. The minimum atomic E-state index is 0.303. The summed E-state index contributed by atoms with van der Waals surface area (Å²) >= 11 is 9.54. The number of benzene rings is 2. The molecule has 1 atom stereocenters. The Balaban J connectivity index is 2.19. The summed E-state index contributed by atoms with van der Waals surface area (Å²) in [5.74, 6) is 0. The molecule has 0 fully saturated rings. The molecule has 0 heterocycles. The molecule has 1 N–H and O–H groups in total. The second-order valence-electron chi connectivity index (χ2n) is 4.68. The van der Waals surface area contributed by atoms with Gasteiger partial charge in [-0.25, -0.2) is 0 Å². The van der Waals surface area contributed by atoms with Crippen molar-refractivity contribution in [3.05, 3.63) is 68.7 Å². The molecule has 1 nitrogen and oxygen atoms in total. The second kappa shape index (κ2) is 6.56. The van der Waals surface area contributed by atoms with Crippen molar-refractivity contribution in [2.45, 2.75) is 19.4 Å². The van der Waals surface area contributed by atoms with Crippen LogP contribution in [-0.2, 0) is 6.42 Å². The third-order valence-electron chi connectivity index (χ3n) is 3.29. The predicted octanol–water partition coefficient (Wildman–Crippen LogP) is 4.91. The molecule has 0 aliphatic rings. The Hall–Kier alpha value is -0.830. The lowest BCUT2D eigenvalue weighted by Gasteiger charge is -2.18. The van der Waals surface area contributed by atoms with Crippen LogP contribution in [0.15, 0.2) is 46.9 Å². The van der Waals surface area contributed by atoms with Crippen LogP contribution in [-0.4, -0.2) is 7.05 Å². The highest BCUT2D eigenvalue weighted by atomic mass is 79.9. The van der Waals surface area contributed by atoms with Crippen LogP contribution >= 0.6 is 27.5 Å². The van der Waals surface area contributed by atoms with Crippen LogP contribution in [0.1, 0.15) is 22.7 Å². The van der Waals surface area contributed by atoms with Crippen LogP contribution < -0.4 is 5.32 Å². The Kier molecular flexibility index (Phi) is 5.03. The molecule has 0 aliphatic heterocycles. The first kappa shape index (κ1) is 14.6. The van der Waals surface area contributed by atoms with Gasteiger partial charge in [0.1, 0.15) is 0 Å². The molecule has 0 spiro atoms. The van der Waals surface area contributed by atoms with E-state index in [9.17, 15) is 0 Å². The Morgan fingerprint density at radius 1 is 1.16 bits per heavy atom. The average Bonchev–Trinajstić information content (AvgIpc) is 2.41. The molecule has 0 amide bonds. The lowest BCUT2D eigenvalue weighted by atomic mass is 9.98. The first-order valence-corrected chi connectivity index (χ1v) is 7.45. The topological polar surface area (TPSA) is 12.0 Å². The molecule has 100 valence electrons. The Bertz CT molecular complexity index is 551. The third kappa shape index (κ3) is 3.82. The summed E-state index contributed by atoms with van der Waals surface area (Å²) in [5, 5.41) is 4.19. The molecule has 3 heteroatoms. The number of likely N-dealkylation sites (N-methyl/N-ethyl adjacent to an activating group) is 1. The van der Waals surface area contributed by atoms with Gasteiger partial charge in [-0.05, 0) is 55.3 Å². The van der Waals surface area contributed by atoms with Gasteiger partial charge in [0, 0.05) is 15.5 Å². The first-order valence-electron chi connectivity index (χ1n) is 6.28. The van der Waals surface area contributed by atoms with Crippen LogP contribution in [0.3, 0.4) is 0 Å². The van der Waals surface area contributed by atoms with Gasteiger partial charge in [-0.15, -0.1) is 0 Å². The Labute approximate surface area is 128 Å².